The van der Waals surface area contributed by atoms with E-state index < -0.39 is 25.3 Å². The summed E-state index contributed by atoms with van der Waals surface area (Å²) in [5.41, 5.74) is 0. The van der Waals surface area contributed by atoms with Crippen molar-refractivity contribution in [2.45, 2.75) is 43.9 Å². The molecule has 1 fully saturated rings. The van der Waals surface area contributed by atoms with Crippen LogP contribution in [0.15, 0.2) is 0 Å². The van der Waals surface area contributed by atoms with Crippen molar-refractivity contribution in [1.82, 2.24) is 10.2 Å². The number of nitrogens with zero attached hydrogens (tertiary/aromatic N) is 1. The fraction of sp³-hybridized carbons (Fsp3) is 0.917. The molecule has 0 atom stereocenters. The van der Waals surface area contributed by atoms with Gasteiger partial charge >= 0.3 is 6.18 Å². The van der Waals surface area contributed by atoms with E-state index in [-0.39, 0.29) is 6.04 Å². The van der Waals surface area contributed by atoms with Crippen molar-refractivity contribution in [2.75, 3.05) is 27.3 Å². The van der Waals surface area contributed by atoms with Crippen molar-refractivity contribution in [3.8, 4) is 0 Å². The average molecular weight is 282 g/mol. The minimum atomic E-state index is -4.39. The molecule has 1 saturated carbocycles. The molecule has 0 unspecified atom stereocenters. The summed E-state index contributed by atoms with van der Waals surface area (Å²) in [5.74, 6) is -0.392. The lowest BCUT2D eigenvalue weighted by molar-refractivity contribution is -0.178. The van der Waals surface area contributed by atoms with Crippen molar-refractivity contribution >= 4 is 5.91 Å². The molecule has 112 valence electrons. The van der Waals surface area contributed by atoms with Crippen LogP contribution in [0.2, 0.25) is 0 Å². The monoisotopic (exact) mass is 282 g/mol. The maximum absolute atomic E-state index is 11.9. The van der Waals surface area contributed by atoms with Crippen molar-refractivity contribution in [2.24, 2.45) is 0 Å². The maximum Gasteiger partial charge on any atom is 0.411 e. The first kappa shape index (κ1) is 16.2. The third kappa shape index (κ3) is 5.78. The summed E-state index contributed by atoms with van der Waals surface area (Å²) in [6.45, 7) is -1.89. The first-order chi connectivity index (χ1) is 8.83. The van der Waals surface area contributed by atoms with Crippen molar-refractivity contribution < 1.29 is 22.7 Å². The Balaban J connectivity index is 2.29. The number of carbonyl (C=O) groups is 1. The second-order valence-electron chi connectivity index (χ2n) is 4.91. The van der Waals surface area contributed by atoms with Crippen LogP contribution in [-0.2, 0) is 9.53 Å². The molecule has 0 aromatic rings. The van der Waals surface area contributed by atoms with Crippen LogP contribution in [-0.4, -0.2) is 56.4 Å². The molecule has 0 aromatic carbocycles. The van der Waals surface area contributed by atoms with Crippen molar-refractivity contribution in [1.29, 1.82) is 0 Å². The molecule has 0 heterocycles. The highest BCUT2D eigenvalue weighted by Crippen LogP contribution is 2.22. The number of hydrogen-bond donors (Lipinski definition) is 1. The molecule has 0 spiro atoms. The molecule has 19 heavy (non-hydrogen) atoms. The van der Waals surface area contributed by atoms with Crippen LogP contribution in [0.5, 0.6) is 0 Å². The highest BCUT2D eigenvalue weighted by atomic mass is 19.4. The van der Waals surface area contributed by atoms with E-state index in [9.17, 15) is 18.0 Å². The standard InChI is InChI=1S/C12H21F3N2O2/c1-16-9-3-5-10(6-4-9)17(2)11(18)7-19-8-12(13,14)15/h9-10,16H,3-8H2,1-2H3. The Hall–Kier alpha value is -0.820. The minimum Gasteiger partial charge on any atom is -0.362 e. The van der Waals surface area contributed by atoms with Gasteiger partial charge in [0, 0.05) is 19.1 Å². The lowest BCUT2D eigenvalue weighted by atomic mass is 9.90. The zero-order valence-corrected chi connectivity index (χ0v) is 11.3. The van der Waals surface area contributed by atoms with E-state index in [1.54, 1.807) is 7.05 Å². The molecule has 1 N–H and O–H groups in total. The Bertz CT molecular complexity index is 289. The summed E-state index contributed by atoms with van der Waals surface area (Å²) in [7, 11) is 3.54. The molecule has 1 aliphatic rings. The van der Waals surface area contributed by atoms with E-state index in [1.807, 2.05) is 7.05 Å². The average Bonchev–Trinajstić information content (AvgIpc) is 2.36. The summed E-state index contributed by atoms with van der Waals surface area (Å²) < 4.78 is 40.0. The largest absolute Gasteiger partial charge is 0.411 e. The number of likely N-dealkylation sites (N-methyl/N-ethyl adjacent to an activating group) is 1. The maximum atomic E-state index is 11.9. The number of amides is 1. The zero-order chi connectivity index (χ0) is 14.5. The summed E-state index contributed by atoms with van der Waals surface area (Å²) >= 11 is 0. The smallest absolute Gasteiger partial charge is 0.362 e. The number of alkyl halides is 3. The number of carbonyl (C=O) groups excluding carboxylic acids is 1. The molecule has 0 bridgehead atoms. The van der Waals surface area contributed by atoms with Crippen LogP contribution < -0.4 is 5.32 Å². The van der Waals surface area contributed by atoms with Crippen LogP contribution in [0.3, 0.4) is 0 Å². The van der Waals surface area contributed by atoms with Crippen LogP contribution in [0.25, 0.3) is 0 Å². The van der Waals surface area contributed by atoms with E-state index in [0.29, 0.717) is 6.04 Å². The lowest BCUT2D eigenvalue weighted by Crippen LogP contribution is -2.44. The molecule has 1 rings (SSSR count). The van der Waals surface area contributed by atoms with Crippen LogP contribution in [0.4, 0.5) is 13.2 Å². The number of hydrogen-bond acceptors (Lipinski definition) is 3. The van der Waals surface area contributed by atoms with E-state index in [4.69, 9.17) is 0 Å². The first-order valence-corrected chi connectivity index (χ1v) is 6.41. The molecule has 7 heteroatoms. The first-order valence-electron chi connectivity index (χ1n) is 6.41. The summed E-state index contributed by atoms with van der Waals surface area (Å²) in [5, 5.41) is 3.19. The van der Waals surface area contributed by atoms with Gasteiger partial charge in [0.25, 0.3) is 0 Å². The van der Waals surface area contributed by atoms with Gasteiger partial charge in [-0.05, 0) is 32.7 Å². The fourth-order valence-electron chi connectivity index (χ4n) is 2.31. The normalized spacial score (nSPS) is 24.3. The zero-order valence-electron chi connectivity index (χ0n) is 11.3. The van der Waals surface area contributed by atoms with Crippen molar-refractivity contribution in [3.05, 3.63) is 0 Å². The topological polar surface area (TPSA) is 41.6 Å². The van der Waals surface area contributed by atoms with Gasteiger partial charge in [-0.2, -0.15) is 13.2 Å². The van der Waals surface area contributed by atoms with Gasteiger partial charge in [-0.1, -0.05) is 0 Å². The van der Waals surface area contributed by atoms with Gasteiger partial charge < -0.3 is 15.0 Å². The van der Waals surface area contributed by atoms with Crippen LogP contribution in [0.1, 0.15) is 25.7 Å². The lowest BCUT2D eigenvalue weighted by Gasteiger charge is -2.34. The SMILES string of the molecule is CNC1CCC(N(C)C(=O)COCC(F)(F)F)CC1. The van der Waals surface area contributed by atoms with E-state index in [1.165, 1.54) is 4.90 Å². The predicted octanol–water partition coefficient (Wildman–Crippen LogP) is 1.55. The molecular weight excluding hydrogens is 261 g/mol. The molecule has 0 aliphatic heterocycles. The highest BCUT2D eigenvalue weighted by molar-refractivity contribution is 5.77. The van der Waals surface area contributed by atoms with Gasteiger partial charge in [0.15, 0.2) is 0 Å². The summed E-state index contributed by atoms with van der Waals surface area (Å²) in [6.07, 6.45) is -0.700. The Morgan fingerprint density at radius 2 is 1.89 bits per heavy atom. The van der Waals surface area contributed by atoms with Gasteiger partial charge in [0.05, 0.1) is 0 Å². The Morgan fingerprint density at radius 1 is 1.32 bits per heavy atom. The molecule has 4 nitrogen and oxygen atoms in total. The fourth-order valence-corrected chi connectivity index (χ4v) is 2.31. The molecular formula is C12H21F3N2O2. The third-order valence-corrected chi connectivity index (χ3v) is 3.54. The van der Waals surface area contributed by atoms with Crippen molar-refractivity contribution in [3.63, 3.8) is 0 Å². The third-order valence-electron chi connectivity index (χ3n) is 3.54. The molecule has 0 aromatic heterocycles. The van der Waals surface area contributed by atoms with E-state index >= 15 is 0 Å². The van der Waals surface area contributed by atoms with Gasteiger partial charge in [-0.3, -0.25) is 4.79 Å². The number of nitrogens with one attached hydrogen (secondary N) is 1. The highest BCUT2D eigenvalue weighted by Gasteiger charge is 2.29. The van der Waals surface area contributed by atoms with E-state index in [2.05, 4.69) is 10.1 Å². The summed E-state index contributed by atoms with van der Waals surface area (Å²) in [4.78, 5) is 13.2. The second kappa shape index (κ2) is 7.09. The van der Waals surface area contributed by atoms with Gasteiger partial charge in [0.2, 0.25) is 5.91 Å². The van der Waals surface area contributed by atoms with Gasteiger partial charge in [-0.15, -0.1) is 0 Å². The Morgan fingerprint density at radius 3 is 2.37 bits per heavy atom. The number of halogens is 3. The molecule has 0 saturated heterocycles. The predicted molar refractivity (Wildman–Crippen MR) is 64.7 cm³/mol. The number of rotatable bonds is 5. The molecule has 1 aliphatic carbocycles. The van der Waals surface area contributed by atoms with Gasteiger partial charge in [-0.25, -0.2) is 0 Å². The summed E-state index contributed by atoms with van der Waals surface area (Å²) in [6, 6.07) is 0.577. The Kier molecular flexibility index (Phi) is 6.06. The van der Waals surface area contributed by atoms with E-state index in [0.717, 1.165) is 25.7 Å². The van der Waals surface area contributed by atoms with Gasteiger partial charge in [0.1, 0.15) is 13.2 Å². The quantitative estimate of drug-likeness (QED) is 0.832. The number of ether oxygens (including phenoxy) is 1. The molecule has 0 radical (unpaired) electrons. The van der Waals surface area contributed by atoms with Crippen LogP contribution >= 0.6 is 0 Å². The molecule has 1 amide bonds. The second-order valence-corrected chi connectivity index (χ2v) is 4.91. The van der Waals surface area contributed by atoms with Crippen LogP contribution in [0, 0.1) is 0 Å². The Labute approximate surface area is 111 Å². The minimum absolute atomic E-state index is 0.103.